The zero-order chi connectivity index (χ0) is 30.4. The average Bonchev–Trinajstić information content (AvgIpc) is 3.22. The molecular formula is C33H41Cl2N3O4. The Morgan fingerprint density at radius 1 is 1.07 bits per heavy atom. The predicted octanol–water partition coefficient (Wildman–Crippen LogP) is 7.69. The van der Waals surface area contributed by atoms with Gasteiger partial charge in [-0.1, -0.05) is 75.4 Å². The third kappa shape index (κ3) is 7.35. The van der Waals surface area contributed by atoms with Crippen LogP contribution in [0.1, 0.15) is 106 Å². The molecule has 1 fully saturated rings. The predicted molar refractivity (Wildman–Crippen MR) is 167 cm³/mol. The molecular weight excluding hydrogens is 573 g/mol. The largest absolute Gasteiger partial charge is 0.481 e. The van der Waals surface area contributed by atoms with Gasteiger partial charge in [-0.05, 0) is 79.8 Å². The zero-order valence-corrected chi connectivity index (χ0v) is 26.2. The summed E-state index contributed by atoms with van der Waals surface area (Å²) in [5, 5.41) is 12.4. The lowest BCUT2D eigenvalue weighted by molar-refractivity contribution is -0.137. The Labute approximate surface area is 258 Å². The molecule has 226 valence electrons. The van der Waals surface area contributed by atoms with Crippen molar-refractivity contribution in [1.29, 1.82) is 0 Å². The summed E-state index contributed by atoms with van der Waals surface area (Å²) >= 11 is 12.7. The third-order valence-corrected chi connectivity index (χ3v) is 9.11. The Balaban J connectivity index is 1.70. The van der Waals surface area contributed by atoms with E-state index in [1.807, 2.05) is 17.0 Å². The summed E-state index contributed by atoms with van der Waals surface area (Å²) in [6.07, 6.45) is 7.24. The first-order valence-corrected chi connectivity index (χ1v) is 15.8. The van der Waals surface area contributed by atoms with E-state index in [1.54, 1.807) is 30.3 Å². The summed E-state index contributed by atoms with van der Waals surface area (Å²) in [6.45, 7) is 6.74. The quantitative estimate of drug-likeness (QED) is 0.240. The number of rotatable bonds is 12. The summed E-state index contributed by atoms with van der Waals surface area (Å²) in [6, 6.07) is 12.3. The van der Waals surface area contributed by atoms with E-state index in [1.165, 1.54) is 0 Å². The van der Waals surface area contributed by atoms with Crippen LogP contribution in [0.25, 0.3) is 0 Å². The van der Waals surface area contributed by atoms with Crippen LogP contribution >= 0.6 is 23.2 Å². The summed E-state index contributed by atoms with van der Waals surface area (Å²) in [5.74, 6) is -0.251. The molecule has 1 atom stereocenters. The molecule has 2 amide bonds. The van der Waals surface area contributed by atoms with E-state index in [2.05, 4.69) is 26.1 Å². The van der Waals surface area contributed by atoms with Crippen LogP contribution in [0.4, 0.5) is 0 Å². The van der Waals surface area contributed by atoms with Gasteiger partial charge in [0, 0.05) is 27.7 Å². The smallest absolute Gasteiger partial charge is 0.305 e. The van der Waals surface area contributed by atoms with Gasteiger partial charge >= 0.3 is 5.97 Å². The Hall–Kier alpha value is -2.90. The van der Waals surface area contributed by atoms with Gasteiger partial charge in [-0.2, -0.15) is 0 Å². The lowest BCUT2D eigenvalue weighted by Gasteiger charge is -2.46. The number of amides is 2. The maximum atomic E-state index is 14.4. The van der Waals surface area contributed by atoms with Crippen molar-refractivity contribution in [3.8, 4) is 0 Å². The number of aliphatic imine (C=N–C) groups is 1. The second kappa shape index (κ2) is 14.0. The van der Waals surface area contributed by atoms with E-state index >= 15 is 0 Å². The van der Waals surface area contributed by atoms with Crippen LogP contribution in [-0.4, -0.2) is 45.7 Å². The molecule has 7 nitrogen and oxygen atoms in total. The minimum atomic E-state index is -0.964. The molecule has 0 radical (unpaired) electrons. The first-order chi connectivity index (χ1) is 20.0. The first-order valence-electron chi connectivity index (χ1n) is 15.0. The Kier molecular flexibility index (Phi) is 10.7. The Morgan fingerprint density at radius 3 is 2.29 bits per heavy atom. The van der Waals surface area contributed by atoms with E-state index in [0.29, 0.717) is 38.7 Å². The number of carboxylic acids is 1. The van der Waals surface area contributed by atoms with Crippen molar-refractivity contribution in [1.82, 2.24) is 10.2 Å². The third-order valence-electron chi connectivity index (χ3n) is 8.67. The molecule has 1 aliphatic heterocycles. The number of carbonyl (C=O) groups excluding carboxylic acids is 2. The molecule has 1 spiro atoms. The number of carboxylic acid groups (broad SMARTS) is 1. The first kappa shape index (κ1) is 32.0. The summed E-state index contributed by atoms with van der Waals surface area (Å²) < 4.78 is 0. The van der Waals surface area contributed by atoms with Crippen LogP contribution in [0.3, 0.4) is 0 Å². The number of hydrogen-bond donors (Lipinski definition) is 2. The normalized spacial score (nSPS) is 21.1. The number of nitrogens with one attached hydrogen (secondary N) is 1. The van der Waals surface area contributed by atoms with Gasteiger partial charge in [-0.15, -0.1) is 0 Å². The lowest BCUT2D eigenvalue weighted by Crippen LogP contribution is -2.51. The van der Waals surface area contributed by atoms with Gasteiger partial charge < -0.3 is 15.3 Å². The SMILES string of the molecule is CCCCC[C@H](c1ccc(C(=O)NCCC(=O)O)cc1)N1C(=O)C(c2cc(Cl)cc(Cl)c2)=NC12CCC(C(C)C)CC2. The van der Waals surface area contributed by atoms with E-state index in [0.717, 1.165) is 56.9 Å². The fourth-order valence-corrected chi connectivity index (χ4v) is 6.85. The number of hydrogen-bond acceptors (Lipinski definition) is 4. The topological polar surface area (TPSA) is 99.1 Å². The van der Waals surface area contributed by atoms with Crippen LogP contribution in [0.15, 0.2) is 47.5 Å². The van der Waals surface area contributed by atoms with Crippen LogP contribution < -0.4 is 5.32 Å². The molecule has 2 aliphatic rings. The molecule has 1 aliphatic carbocycles. The van der Waals surface area contributed by atoms with Crippen molar-refractivity contribution in [2.24, 2.45) is 16.8 Å². The summed E-state index contributed by atoms with van der Waals surface area (Å²) in [5.41, 5.74) is 1.77. The molecule has 0 aromatic heterocycles. The lowest BCUT2D eigenvalue weighted by atomic mass is 9.76. The highest BCUT2D eigenvalue weighted by molar-refractivity contribution is 6.47. The zero-order valence-electron chi connectivity index (χ0n) is 24.7. The average molecular weight is 615 g/mol. The van der Waals surface area contributed by atoms with Gasteiger partial charge in [0.2, 0.25) is 0 Å². The number of benzene rings is 2. The van der Waals surface area contributed by atoms with Crippen molar-refractivity contribution >= 4 is 46.7 Å². The highest BCUT2D eigenvalue weighted by atomic mass is 35.5. The number of aliphatic carboxylic acids is 1. The second-order valence-corrected chi connectivity index (χ2v) is 12.8. The molecule has 2 aromatic rings. The molecule has 42 heavy (non-hydrogen) atoms. The van der Waals surface area contributed by atoms with Crippen molar-refractivity contribution in [2.45, 2.75) is 90.3 Å². The minimum absolute atomic E-state index is 0.0609. The van der Waals surface area contributed by atoms with E-state index < -0.39 is 11.6 Å². The minimum Gasteiger partial charge on any atom is -0.481 e. The molecule has 2 aromatic carbocycles. The monoisotopic (exact) mass is 613 g/mol. The van der Waals surface area contributed by atoms with E-state index in [9.17, 15) is 14.4 Å². The van der Waals surface area contributed by atoms with Gasteiger partial charge in [0.15, 0.2) is 0 Å². The van der Waals surface area contributed by atoms with Gasteiger partial charge in [0.05, 0.1) is 12.5 Å². The number of halogens is 2. The standard InChI is InChI=1S/C33H41Cl2N3O4/c1-4-5-6-7-28(23-8-10-24(11-9-23)31(41)36-17-14-29(39)40)38-32(42)30(25-18-26(34)20-27(35)19-25)37-33(38)15-12-22(13-16-33)21(2)3/h8-11,18-22,28H,4-7,12-17H2,1-3H3,(H,36,41)(H,39,40)/t22?,28-,33?/m1/s1. The molecule has 2 N–H and O–H groups in total. The highest BCUT2D eigenvalue weighted by Gasteiger charge is 2.52. The van der Waals surface area contributed by atoms with Crippen molar-refractivity contribution in [3.63, 3.8) is 0 Å². The highest BCUT2D eigenvalue weighted by Crippen LogP contribution is 2.48. The van der Waals surface area contributed by atoms with Crippen LogP contribution in [0, 0.1) is 11.8 Å². The van der Waals surface area contributed by atoms with Gasteiger partial charge in [-0.3, -0.25) is 19.4 Å². The number of nitrogens with zero attached hydrogens (tertiary/aromatic N) is 2. The van der Waals surface area contributed by atoms with Crippen molar-refractivity contribution in [2.75, 3.05) is 6.54 Å². The summed E-state index contributed by atoms with van der Waals surface area (Å²) in [4.78, 5) is 45.1. The Bertz CT molecular complexity index is 1300. The maximum Gasteiger partial charge on any atom is 0.305 e. The van der Waals surface area contributed by atoms with Crippen LogP contribution in [0.2, 0.25) is 10.0 Å². The molecule has 0 saturated heterocycles. The van der Waals surface area contributed by atoms with Gasteiger partial charge in [-0.25, -0.2) is 0 Å². The fraction of sp³-hybridized carbons (Fsp3) is 0.515. The van der Waals surface area contributed by atoms with Crippen molar-refractivity contribution in [3.05, 3.63) is 69.2 Å². The molecule has 0 unspecified atom stereocenters. The summed E-state index contributed by atoms with van der Waals surface area (Å²) in [7, 11) is 0. The molecule has 4 rings (SSSR count). The number of carbonyl (C=O) groups is 3. The van der Waals surface area contributed by atoms with Crippen LogP contribution in [-0.2, 0) is 9.59 Å². The van der Waals surface area contributed by atoms with Crippen molar-refractivity contribution < 1.29 is 19.5 Å². The van der Waals surface area contributed by atoms with Gasteiger partial charge in [0.25, 0.3) is 11.8 Å². The fourth-order valence-electron chi connectivity index (χ4n) is 6.32. The molecule has 0 bridgehead atoms. The van der Waals surface area contributed by atoms with Crippen LogP contribution in [0.5, 0.6) is 0 Å². The maximum absolute atomic E-state index is 14.4. The second-order valence-electron chi connectivity index (χ2n) is 11.9. The van der Waals surface area contributed by atoms with Gasteiger partial charge in [0.1, 0.15) is 11.4 Å². The van der Waals surface area contributed by atoms with E-state index in [4.69, 9.17) is 33.3 Å². The molecule has 9 heteroatoms. The number of unbranched alkanes of at least 4 members (excludes halogenated alkanes) is 2. The molecule has 1 saturated carbocycles. The Morgan fingerprint density at radius 2 is 1.71 bits per heavy atom. The van der Waals surface area contributed by atoms with E-state index in [-0.39, 0.29) is 30.8 Å². The molecule has 1 heterocycles.